The van der Waals surface area contributed by atoms with Crippen molar-refractivity contribution in [2.45, 2.75) is 85.5 Å². The molecule has 4 aromatic carbocycles. The van der Waals surface area contributed by atoms with E-state index in [1.54, 1.807) is 0 Å². The zero-order valence-electron chi connectivity index (χ0n) is 26.4. The molecular weight excluding hydrogens is 492 g/mol. The number of benzene rings is 4. The van der Waals surface area contributed by atoms with Crippen molar-refractivity contribution in [3.63, 3.8) is 0 Å². The molecule has 1 unspecified atom stereocenters. The van der Waals surface area contributed by atoms with E-state index in [2.05, 4.69) is 147 Å². The lowest BCUT2D eigenvalue weighted by atomic mass is 9.70. The summed E-state index contributed by atoms with van der Waals surface area (Å²) in [4.78, 5) is 0. The topological polar surface area (TPSA) is 0 Å². The Hall–Kier alpha value is -3.64. The van der Waals surface area contributed by atoms with E-state index in [1.165, 1.54) is 77.9 Å². The van der Waals surface area contributed by atoms with Crippen LogP contribution in [0.15, 0.2) is 85.0 Å². The molecule has 0 fully saturated rings. The summed E-state index contributed by atoms with van der Waals surface area (Å²) in [5.41, 5.74) is 19.6. The second-order valence-electron chi connectivity index (χ2n) is 14.4. The molecule has 6 rings (SSSR count). The monoisotopic (exact) mass is 536 g/mol. The third-order valence-electron chi connectivity index (χ3n) is 9.15. The maximum Gasteiger partial charge on any atom is 0.00798 e. The van der Waals surface area contributed by atoms with Gasteiger partial charge in [0, 0.05) is 5.92 Å². The summed E-state index contributed by atoms with van der Waals surface area (Å²) in [5.74, 6) is 0.316. The minimum Gasteiger partial charge on any atom is -0.0801 e. The zero-order valence-corrected chi connectivity index (χ0v) is 26.4. The second-order valence-corrected chi connectivity index (χ2v) is 14.4. The molecule has 0 amide bonds. The maximum atomic E-state index is 2.51. The van der Waals surface area contributed by atoms with Gasteiger partial charge >= 0.3 is 0 Å². The molecule has 2 aliphatic carbocycles. The van der Waals surface area contributed by atoms with Crippen molar-refractivity contribution in [2.75, 3.05) is 0 Å². The van der Waals surface area contributed by atoms with E-state index in [4.69, 9.17) is 0 Å². The van der Waals surface area contributed by atoms with E-state index in [0.29, 0.717) is 5.92 Å². The Balaban J connectivity index is 1.84. The highest BCUT2D eigenvalue weighted by Crippen LogP contribution is 2.58. The Labute approximate surface area is 247 Å². The van der Waals surface area contributed by atoms with Crippen molar-refractivity contribution in [2.24, 2.45) is 0 Å². The quantitative estimate of drug-likeness (QED) is 0.244. The molecule has 0 saturated heterocycles. The van der Waals surface area contributed by atoms with Crippen LogP contribution in [0, 0.1) is 13.8 Å². The lowest BCUT2D eigenvalue weighted by molar-refractivity contribution is 0.588. The van der Waals surface area contributed by atoms with Crippen molar-refractivity contribution in [3.05, 3.63) is 124 Å². The Morgan fingerprint density at radius 2 is 1.22 bits per heavy atom. The lowest BCUT2D eigenvalue weighted by Gasteiger charge is -2.33. The molecule has 0 saturated carbocycles. The first kappa shape index (κ1) is 27.5. The van der Waals surface area contributed by atoms with Crippen molar-refractivity contribution in [1.82, 2.24) is 0 Å². The van der Waals surface area contributed by atoms with Crippen LogP contribution in [0.1, 0.15) is 99.7 Å². The molecule has 0 aliphatic heterocycles. The highest BCUT2D eigenvalue weighted by atomic mass is 14.4. The van der Waals surface area contributed by atoms with E-state index in [1.807, 2.05) is 0 Å². The van der Waals surface area contributed by atoms with Gasteiger partial charge in [0.05, 0.1) is 0 Å². The molecule has 0 heteroatoms. The summed E-state index contributed by atoms with van der Waals surface area (Å²) in [6.07, 6.45) is 7.92. The van der Waals surface area contributed by atoms with Gasteiger partial charge in [0.25, 0.3) is 0 Å². The Morgan fingerprint density at radius 3 is 1.73 bits per heavy atom. The second kappa shape index (κ2) is 9.73. The van der Waals surface area contributed by atoms with Crippen LogP contribution in [0.3, 0.4) is 0 Å². The van der Waals surface area contributed by atoms with Gasteiger partial charge in [-0.3, -0.25) is 0 Å². The van der Waals surface area contributed by atoms with Gasteiger partial charge in [-0.25, -0.2) is 0 Å². The van der Waals surface area contributed by atoms with E-state index < -0.39 is 0 Å². The Bertz CT molecular complexity index is 1710. The number of allylic oxidation sites excluding steroid dienone is 4. The molecule has 41 heavy (non-hydrogen) atoms. The minimum atomic E-state index is -0.0570. The molecule has 0 spiro atoms. The Kier molecular flexibility index (Phi) is 6.53. The minimum absolute atomic E-state index is 0.0570. The normalized spacial score (nSPS) is 16.1. The van der Waals surface area contributed by atoms with Crippen molar-refractivity contribution < 1.29 is 0 Å². The predicted octanol–water partition coefficient (Wildman–Crippen LogP) is 11.7. The third-order valence-corrected chi connectivity index (χ3v) is 9.15. The van der Waals surface area contributed by atoms with Crippen LogP contribution in [0.2, 0.25) is 0 Å². The highest BCUT2D eigenvalue weighted by molar-refractivity contribution is 6.04. The summed E-state index contributed by atoms with van der Waals surface area (Å²) in [5, 5.41) is 0. The average Bonchev–Trinajstić information content (AvgIpc) is 3.55. The zero-order chi connectivity index (χ0) is 29.3. The first-order valence-electron chi connectivity index (χ1n) is 15.3. The molecule has 0 N–H and O–H groups in total. The molecule has 1 atom stereocenters. The van der Waals surface area contributed by atoms with Gasteiger partial charge in [0.1, 0.15) is 0 Å². The van der Waals surface area contributed by atoms with Gasteiger partial charge in [-0.15, -0.1) is 0 Å². The van der Waals surface area contributed by atoms with Crippen LogP contribution in [0.25, 0.3) is 39.0 Å². The van der Waals surface area contributed by atoms with E-state index in [0.717, 1.165) is 6.42 Å². The molecule has 4 aromatic rings. The predicted molar refractivity (Wildman–Crippen MR) is 179 cm³/mol. The van der Waals surface area contributed by atoms with Crippen LogP contribution in [0.4, 0.5) is 0 Å². The molecule has 0 heterocycles. The van der Waals surface area contributed by atoms with Gasteiger partial charge < -0.3 is 0 Å². The van der Waals surface area contributed by atoms with Gasteiger partial charge in [-0.1, -0.05) is 145 Å². The van der Waals surface area contributed by atoms with E-state index in [-0.39, 0.29) is 10.8 Å². The van der Waals surface area contributed by atoms with Crippen molar-refractivity contribution in [1.29, 1.82) is 0 Å². The third kappa shape index (κ3) is 4.62. The number of hydrogen-bond donors (Lipinski definition) is 0. The molecular formula is C41H44. The van der Waals surface area contributed by atoms with Crippen LogP contribution in [-0.4, -0.2) is 0 Å². The number of fused-ring (bicyclic) bond motifs is 3. The van der Waals surface area contributed by atoms with Crippen molar-refractivity contribution in [3.8, 4) is 33.4 Å². The average molecular weight is 537 g/mol. The molecule has 208 valence electrons. The summed E-state index contributed by atoms with van der Waals surface area (Å²) in [6, 6.07) is 25.8. The largest absolute Gasteiger partial charge is 0.0801 e. The molecule has 0 radical (unpaired) electrons. The number of hydrogen-bond acceptors (Lipinski definition) is 0. The fraction of sp³-hybridized carbons (Fsp3) is 0.317. The standard InChI is InChI=1S/C41H44/c1-25-14-18-29(19-15-25)35-37(30-20-16-26(2)17-21-30)39(41(7,8)9)36(28-12-10-11-13-28)34-27(3)33-24-31(40(4,5)6)22-23-32(33)38(34)35/h10-12,14-24,27H,13H2,1-9H3. The van der Waals surface area contributed by atoms with E-state index >= 15 is 0 Å². The lowest BCUT2D eigenvalue weighted by Crippen LogP contribution is -2.19. The van der Waals surface area contributed by atoms with Crippen LogP contribution >= 0.6 is 0 Å². The van der Waals surface area contributed by atoms with Gasteiger partial charge in [0.15, 0.2) is 0 Å². The summed E-state index contributed by atoms with van der Waals surface area (Å²) in [6.45, 7) is 21.0. The van der Waals surface area contributed by atoms with Gasteiger partial charge in [-0.2, -0.15) is 0 Å². The van der Waals surface area contributed by atoms with Crippen LogP contribution in [-0.2, 0) is 10.8 Å². The SMILES string of the molecule is Cc1ccc(-c2c3c(c(C4=CC=CC4)c(C(C)(C)C)c2-c2ccc(C)cc2)C(C)c2cc(C(C)(C)C)ccc2-3)cc1. The molecule has 0 nitrogen and oxygen atoms in total. The molecule has 0 aromatic heterocycles. The fourth-order valence-electron chi connectivity index (χ4n) is 6.99. The highest BCUT2D eigenvalue weighted by Gasteiger charge is 2.39. The smallest absolute Gasteiger partial charge is 0.00798 e. The Morgan fingerprint density at radius 1 is 0.634 bits per heavy atom. The molecule has 2 aliphatic rings. The van der Waals surface area contributed by atoms with Crippen LogP contribution in [0.5, 0.6) is 0 Å². The maximum absolute atomic E-state index is 2.51. The fourth-order valence-corrected chi connectivity index (χ4v) is 6.99. The van der Waals surface area contributed by atoms with E-state index in [9.17, 15) is 0 Å². The number of aryl methyl sites for hydroxylation is 2. The van der Waals surface area contributed by atoms with Gasteiger partial charge in [0.2, 0.25) is 0 Å². The van der Waals surface area contributed by atoms with Crippen molar-refractivity contribution >= 4 is 5.57 Å². The number of rotatable bonds is 3. The summed E-state index contributed by atoms with van der Waals surface area (Å²) < 4.78 is 0. The molecule has 0 bridgehead atoms. The van der Waals surface area contributed by atoms with Crippen LogP contribution < -0.4 is 0 Å². The first-order chi connectivity index (χ1) is 19.4. The summed E-state index contributed by atoms with van der Waals surface area (Å²) in [7, 11) is 0. The summed E-state index contributed by atoms with van der Waals surface area (Å²) >= 11 is 0. The first-order valence-corrected chi connectivity index (χ1v) is 15.3. The van der Waals surface area contributed by atoms with Gasteiger partial charge in [-0.05, 0) is 97.9 Å².